The van der Waals surface area contributed by atoms with Crippen LogP contribution in [0.3, 0.4) is 0 Å². The summed E-state index contributed by atoms with van der Waals surface area (Å²) >= 11 is 11.5. The summed E-state index contributed by atoms with van der Waals surface area (Å²) < 4.78 is 6.37. The molecule has 0 saturated heterocycles. The molecule has 1 aromatic heterocycles. The maximum Gasteiger partial charge on any atom is 0.287 e. The smallest absolute Gasteiger partial charge is 0.287 e. The SMILES string of the molecule is NC(=O)COc1cccc(Cn2ncc(Cl)c(Cl)c2=O)c1. The van der Waals surface area contributed by atoms with E-state index in [1.54, 1.807) is 24.3 Å². The number of rotatable bonds is 5. The van der Waals surface area contributed by atoms with Gasteiger partial charge in [-0.1, -0.05) is 35.3 Å². The Kier molecular flexibility index (Phi) is 4.82. The summed E-state index contributed by atoms with van der Waals surface area (Å²) in [6.07, 6.45) is 1.30. The molecule has 1 amide bonds. The molecule has 1 aromatic carbocycles. The maximum atomic E-state index is 11.9. The molecule has 2 rings (SSSR count). The molecule has 0 radical (unpaired) electrons. The minimum atomic E-state index is -0.567. The fourth-order valence-electron chi connectivity index (χ4n) is 1.62. The Hall–Kier alpha value is -2.05. The molecule has 0 aliphatic carbocycles. The Morgan fingerprint density at radius 2 is 2.14 bits per heavy atom. The number of primary amides is 1. The van der Waals surface area contributed by atoms with Crippen molar-refractivity contribution in [3.8, 4) is 5.75 Å². The van der Waals surface area contributed by atoms with Gasteiger partial charge in [0.2, 0.25) is 0 Å². The Labute approximate surface area is 130 Å². The molecule has 0 aliphatic heterocycles. The molecule has 6 nitrogen and oxygen atoms in total. The summed E-state index contributed by atoms with van der Waals surface area (Å²) in [5, 5.41) is 3.94. The highest BCUT2D eigenvalue weighted by molar-refractivity contribution is 6.41. The average Bonchev–Trinajstić information content (AvgIpc) is 2.46. The van der Waals surface area contributed by atoms with E-state index in [0.717, 1.165) is 5.56 Å². The average molecular weight is 328 g/mol. The third-order valence-electron chi connectivity index (χ3n) is 2.55. The summed E-state index contributed by atoms with van der Waals surface area (Å²) in [4.78, 5) is 22.6. The number of ether oxygens (including phenoxy) is 1. The third kappa shape index (κ3) is 3.96. The van der Waals surface area contributed by atoms with Gasteiger partial charge in [-0.3, -0.25) is 9.59 Å². The van der Waals surface area contributed by atoms with Crippen molar-refractivity contribution in [1.29, 1.82) is 0 Å². The topological polar surface area (TPSA) is 87.2 Å². The van der Waals surface area contributed by atoms with Crippen LogP contribution in [-0.2, 0) is 11.3 Å². The fourth-order valence-corrected chi connectivity index (χ4v) is 1.89. The van der Waals surface area contributed by atoms with Crippen molar-refractivity contribution in [2.75, 3.05) is 6.61 Å². The van der Waals surface area contributed by atoms with E-state index in [1.165, 1.54) is 10.9 Å². The fraction of sp³-hybridized carbons (Fsp3) is 0.154. The molecule has 0 saturated carbocycles. The second kappa shape index (κ2) is 6.60. The molecule has 8 heteroatoms. The Balaban J connectivity index is 2.20. The van der Waals surface area contributed by atoms with Crippen molar-refractivity contribution in [3.05, 3.63) is 56.4 Å². The van der Waals surface area contributed by atoms with Gasteiger partial charge in [0.1, 0.15) is 10.8 Å². The van der Waals surface area contributed by atoms with E-state index >= 15 is 0 Å². The quantitative estimate of drug-likeness (QED) is 0.900. The van der Waals surface area contributed by atoms with Crippen LogP contribution in [0.2, 0.25) is 10.0 Å². The Morgan fingerprint density at radius 1 is 1.38 bits per heavy atom. The largest absolute Gasteiger partial charge is 0.484 e. The first-order valence-electron chi connectivity index (χ1n) is 5.88. The molecule has 0 spiro atoms. The van der Waals surface area contributed by atoms with Gasteiger partial charge in [0.15, 0.2) is 6.61 Å². The van der Waals surface area contributed by atoms with Crippen LogP contribution >= 0.6 is 23.2 Å². The second-order valence-electron chi connectivity index (χ2n) is 4.17. The van der Waals surface area contributed by atoms with Gasteiger partial charge >= 0.3 is 0 Å². The van der Waals surface area contributed by atoms with Crippen LogP contribution in [0.4, 0.5) is 0 Å². The minimum Gasteiger partial charge on any atom is -0.484 e. The molecule has 0 atom stereocenters. The van der Waals surface area contributed by atoms with Crippen LogP contribution in [0, 0.1) is 0 Å². The molecule has 0 fully saturated rings. The summed E-state index contributed by atoms with van der Waals surface area (Å²) in [6, 6.07) is 6.87. The van der Waals surface area contributed by atoms with Crippen LogP contribution in [0.5, 0.6) is 5.75 Å². The van der Waals surface area contributed by atoms with Crippen LogP contribution in [0.1, 0.15) is 5.56 Å². The standard InChI is InChI=1S/C13H11Cl2N3O3/c14-10-5-17-18(13(20)12(10)15)6-8-2-1-3-9(4-8)21-7-11(16)19/h1-5H,6-7H2,(H2,16,19). The van der Waals surface area contributed by atoms with Crippen molar-refractivity contribution < 1.29 is 9.53 Å². The van der Waals surface area contributed by atoms with Crippen LogP contribution in [0.15, 0.2) is 35.3 Å². The van der Waals surface area contributed by atoms with Gasteiger partial charge in [-0.2, -0.15) is 5.10 Å². The summed E-state index contributed by atoms with van der Waals surface area (Å²) in [6.45, 7) is -0.0160. The van der Waals surface area contributed by atoms with Gasteiger partial charge in [0, 0.05) is 0 Å². The number of carbonyl (C=O) groups excluding carboxylic acids is 1. The van der Waals surface area contributed by atoms with Gasteiger partial charge in [-0.05, 0) is 17.7 Å². The van der Waals surface area contributed by atoms with Gasteiger partial charge in [-0.15, -0.1) is 0 Å². The number of hydrogen-bond acceptors (Lipinski definition) is 4. The minimum absolute atomic E-state index is 0.0761. The number of nitrogens with zero attached hydrogens (tertiary/aromatic N) is 2. The molecule has 2 aromatic rings. The zero-order valence-corrected chi connectivity index (χ0v) is 12.3. The van der Waals surface area contributed by atoms with E-state index < -0.39 is 11.5 Å². The zero-order valence-electron chi connectivity index (χ0n) is 10.8. The van der Waals surface area contributed by atoms with Crippen molar-refractivity contribution >= 4 is 29.1 Å². The van der Waals surface area contributed by atoms with E-state index in [1.807, 2.05) is 0 Å². The van der Waals surface area contributed by atoms with Gasteiger partial charge < -0.3 is 10.5 Å². The van der Waals surface area contributed by atoms with E-state index in [4.69, 9.17) is 33.7 Å². The van der Waals surface area contributed by atoms with Crippen LogP contribution in [0.25, 0.3) is 0 Å². The van der Waals surface area contributed by atoms with E-state index in [-0.39, 0.29) is 23.2 Å². The van der Waals surface area contributed by atoms with Crippen LogP contribution < -0.4 is 16.0 Å². The van der Waals surface area contributed by atoms with Crippen molar-refractivity contribution in [2.24, 2.45) is 5.73 Å². The molecule has 21 heavy (non-hydrogen) atoms. The number of nitrogens with two attached hydrogens (primary N) is 1. The number of benzene rings is 1. The zero-order chi connectivity index (χ0) is 15.4. The van der Waals surface area contributed by atoms with E-state index in [9.17, 15) is 9.59 Å². The highest BCUT2D eigenvalue weighted by Crippen LogP contribution is 2.16. The monoisotopic (exact) mass is 327 g/mol. The molecule has 0 bridgehead atoms. The lowest BCUT2D eigenvalue weighted by Gasteiger charge is -2.08. The lowest BCUT2D eigenvalue weighted by Crippen LogP contribution is -2.23. The van der Waals surface area contributed by atoms with Crippen molar-refractivity contribution in [1.82, 2.24) is 9.78 Å². The predicted octanol–water partition coefficient (Wildman–Crippen LogP) is 1.46. The third-order valence-corrected chi connectivity index (χ3v) is 3.30. The van der Waals surface area contributed by atoms with E-state index in [0.29, 0.717) is 5.75 Å². The Bertz CT molecular complexity index is 731. The second-order valence-corrected chi connectivity index (χ2v) is 4.96. The first-order chi connectivity index (χ1) is 9.97. The van der Waals surface area contributed by atoms with Gasteiger partial charge in [-0.25, -0.2) is 4.68 Å². The van der Waals surface area contributed by atoms with Crippen molar-refractivity contribution in [2.45, 2.75) is 6.54 Å². The number of hydrogen-bond donors (Lipinski definition) is 1. The highest BCUT2D eigenvalue weighted by Gasteiger charge is 2.08. The summed E-state index contributed by atoms with van der Waals surface area (Å²) in [5.74, 6) is -0.0952. The number of amides is 1. The molecule has 1 heterocycles. The number of halogens is 2. The molecule has 0 unspecified atom stereocenters. The summed E-state index contributed by atoms with van der Waals surface area (Å²) in [5.41, 5.74) is 5.28. The number of carbonyl (C=O) groups is 1. The van der Waals surface area contributed by atoms with Crippen LogP contribution in [-0.4, -0.2) is 22.3 Å². The molecule has 2 N–H and O–H groups in total. The normalized spacial score (nSPS) is 10.4. The molecular formula is C13H11Cl2N3O3. The maximum absolute atomic E-state index is 11.9. The molecule has 0 aliphatic rings. The lowest BCUT2D eigenvalue weighted by atomic mass is 10.2. The van der Waals surface area contributed by atoms with Gasteiger partial charge in [0.05, 0.1) is 17.8 Å². The van der Waals surface area contributed by atoms with Gasteiger partial charge in [0.25, 0.3) is 11.5 Å². The van der Waals surface area contributed by atoms with Crippen molar-refractivity contribution in [3.63, 3.8) is 0 Å². The first-order valence-corrected chi connectivity index (χ1v) is 6.64. The highest BCUT2D eigenvalue weighted by atomic mass is 35.5. The summed E-state index contributed by atoms with van der Waals surface area (Å²) in [7, 11) is 0. The predicted molar refractivity (Wildman–Crippen MR) is 78.8 cm³/mol. The lowest BCUT2D eigenvalue weighted by molar-refractivity contribution is -0.119. The Morgan fingerprint density at radius 3 is 2.86 bits per heavy atom. The first kappa shape index (κ1) is 15.3. The number of aromatic nitrogens is 2. The molecular weight excluding hydrogens is 317 g/mol. The van der Waals surface area contributed by atoms with E-state index in [2.05, 4.69) is 5.10 Å². The molecule has 110 valence electrons.